The van der Waals surface area contributed by atoms with E-state index in [-0.39, 0.29) is 11.8 Å². The van der Waals surface area contributed by atoms with Crippen LogP contribution in [0.1, 0.15) is 16.7 Å². The Morgan fingerprint density at radius 2 is 1.13 bits per heavy atom. The van der Waals surface area contributed by atoms with Gasteiger partial charge in [0.2, 0.25) is 0 Å². The molecule has 30 heavy (non-hydrogen) atoms. The van der Waals surface area contributed by atoms with Gasteiger partial charge >= 0.3 is 0 Å². The molecule has 0 saturated heterocycles. The quantitative estimate of drug-likeness (QED) is 0.315. The minimum absolute atomic E-state index is 0.0627. The predicted octanol–water partition coefficient (Wildman–Crippen LogP) is 4.91. The molecule has 156 valence electrons. The van der Waals surface area contributed by atoms with E-state index in [1.54, 1.807) is 12.1 Å². The van der Waals surface area contributed by atoms with Gasteiger partial charge in [-0.15, -0.1) is 0 Å². The molecule has 0 spiro atoms. The van der Waals surface area contributed by atoms with E-state index in [4.69, 9.17) is 14.2 Å². The second-order valence-electron chi connectivity index (χ2n) is 6.86. The molecule has 0 N–H and O–H groups in total. The lowest BCUT2D eigenvalue weighted by Crippen LogP contribution is -2.25. The first-order valence-electron chi connectivity index (χ1n) is 9.79. The summed E-state index contributed by atoms with van der Waals surface area (Å²) in [5, 5.41) is 10.8. The molecule has 0 bridgehead atoms. The zero-order valence-corrected chi connectivity index (χ0v) is 16.7. The molecule has 0 heterocycles. The van der Waals surface area contributed by atoms with Gasteiger partial charge in [-0.25, -0.2) is 0 Å². The van der Waals surface area contributed by atoms with Crippen LogP contribution in [0.25, 0.3) is 0 Å². The number of benzene rings is 3. The van der Waals surface area contributed by atoms with Crippen LogP contribution in [-0.4, -0.2) is 24.2 Å². The summed E-state index contributed by atoms with van der Waals surface area (Å²) >= 11 is 0. The van der Waals surface area contributed by atoms with E-state index in [0.717, 1.165) is 16.7 Å². The highest BCUT2D eigenvalue weighted by atomic mass is 16.6. The molecule has 0 aliphatic carbocycles. The summed E-state index contributed by atoms with van der Waals surface area (Å²) in [6.45, 7) is 2.09. The van der Waals surface area contributed by atoms with Gasteiger partial charge in [0.15, 0.2) is 0 Å². The Labute approximate surface area is 176 Å². The van der Waals surface area contributed by atoms with Crippen molar-refractivity contribution >= 4 is 5.69 Å². The zero-order valence-electron chi connectivity index (χ0n) is 16.7. The normalized spacial score (nSPS) is 11.0. The average molecular weight is 407 g/mol. The summed E-state index contributed by atoms with van der Waals surface area (Å²) in [4.78, 5) is 10.4. The van der Waals surface area contributed by atoms with Gasteiger partial charge in [-0.1, -0.05) is 60.7 Å². The van der Waals surface area contributed by atoms with Crippen molar-refractivity contribution in [2.45, 2.75) is 25.9 Å². The minimum Gasteiger partial charge on any atom is -0.374 e. The molecule has 0 aliphatic heterocycles. The Balaban J connectivity index is 1.51. The molecule has 0 aromatic heterocycles. The molecule has 0 aliphatic rings. The number of nitrogens with zero attached hydrogens (tertiary/aromatic N) is 1. The van der Waals surface area contributed by atoms with Crippen molar-refractivity contribution in [3.05, 3.63) is 112 Å². The molecule has 3 rings (SSSR count). The van der Waals surface area contributed by atoms with Gasteiger partial charge < -0.3 is 14.2 Å². The molecule has 0 unspecified atom stereocenters. The first kappa shape index (κ1) is 21.6. The van der Waals surface area contributed by atoms with E-state index in [2.05, 4.69) is 0 Å². The molecule has 6 nitrogen and oxygen atoms in total. The van der Waals surface area contributed by atoms with E-state index >= 15 is 0 Å². The summed E-state index contributed by atoms with van der Waals surface area (Å²) in [7, 11) is 0. The first-order valence-corrected chi connectivity index (χ1v) is 9.79. The lowest BCUT2D eigenvalue weighted by molar-refractivity contribution is -0.384. The third kappa shape index (κ3) is 7.40. The molecule has 3 aromatic carbocycles. The Hall–Kier alpha value is -3.06. The summed E-state index contributed by atoms with van der Waals surface area (Å²) in [5.41, 5.74) is 3.11. The zero-order chi connectivity index (χ0) is 21.0. The predicted molar refractivity (Wildman–Crippen MR) is 114 cm³/mol. The first-order chi connectivity index (χ1) is 14.7. The fraction of sp³-hybridized carbons (Fsp3) is 0.250. The summed E-state index contributed by atoms with van der Waals surface area (Å²) in [6.07, 6.45) is -0.257. The second-order valence-corrected chi connectivity index (χ2v) is 6.86. The maximum Gasteiger partial charge on any atom is 0.269 e. The van der Waals surface area contributed by atoms with E-state index < -0.39 is 4.92 Å². The van der Waals surface area contributed by atoms with E-state index in [1.165, 1.54) is 12.1 Å². The molecule has 0 atom stereocenters. The SMILES string of the molecule is O=[N+]([O-])c1ccc(COC(COCc2ccccc2)COCc2ccccc2)cc1. The highest BCUT2D eigenvalue weighted by Crippen LogP contribution is 2.14. The second kappa shape index (κ2) is 11.8. The molecular weight excluding hydrogens is 382 g/mol. The van der Waals surface area contributed by atoms with Crippen molar-refractivity contribution in [2.24, 2.45) is 0 Å². The Bertz CT molecular complexity index is 839. The van der Waals surface area contributed by atoms with Crippen LogP contribution in [0.4, 0.5) is 5.69 Å². The van der Waals surface area contributed by atoms with E-state index in [0.29, 0.717) is 33.0 Å². The third-order valence-electron chi connectivity index (χ3n) is 4.46. The van der Waals surface area contributed by atoms with Crippen molar-refractivity contribution < 1.29 is 19.1 Å². The molecular formula is C24H25NO5. The Morgan fingerprint density at radius 3 is 1.60 bits per heavy atom. The molecule has 0 amide bonds. The highest BCUT2D eigenvalue weighted by molar-refractivity contribution is 5.32. The third-order valence-corrected chi connectivity index (χ3v) is 4.46. The number of non-ortho nitro benzene ring substituents is 1. The molecule has 0 fully saturated rings. The molecule has 0 radical (unpaired) electrons. The van der Waals surface area contributed by atoms with Gasteiger partial charge in [-0.2, -0.15) is 0 Å². The van der Waals surface area contributed by atoms with Crippen LogP contribution in [0, 0.1) is 10.1 Å². The van der Waals surface area contributed by atoms with Gasteiger partial charge in [0.05, 0.1) is 38.0 Å². The van der Waals surface area contributed by atoms with Crippen LogP contribution in [-0.2, 0) is 34.0 Å². The van der Waals surface area contributed by atoms with Crippen LogP contribution in [0.5, 0.6) is 0 Å². The molecule has 6 heteroatoms. The average Bonchev–Trinajstić information content (AvgIpc) is 2.79. The van der Waals surface area contributed by atoms with Crippen LogP contribution in [0.3, 0.4) is 0 Å². The van der Waals surface area contributed by atoms with Crippen molar-refractivity contribution in [2.75, 3.05) is 13.2 Å². The standard InChI is InChI=1S/C24H25NO5/c26-25(27)23-13-11-22(12-14-23)17-30-24(18-28-15-20-7-3-1-4-8-20)19-29-16-21-9-5-2-6-10-21/h1-14,24H,15-19H2. The Morgan fingerprint density at radius 1 is 0.667 bits per heavy atom. The van der Waals surface area contributed by atoms with Crippen molar-refractivity contribution in [3.8, 4) is 0 Å². The van der Waals surface area contributed by atoms with E-state index in [9.17, 15) is 10.1 Å². The van der Waals surface area contributed by atoms with Crippen LogP contribution < -0.4 is 0 Å². The maximum absolute atomic E-state index is 10.8. The topological polar surface area (TPSA) is 70.8 Å². The van der Waals surface area contributed by atoms with Crippen LogP contribution in [0.2, 0.25) is 0 Å². The van der Waals surface area contributed by atoms with Crippen molar-refractivity contribution in [1.82, 2.24) is 0 Å². The summed E-state index contributed by atoms with van der Waals surface area (Å²) in [5.74, 6) is 0. The van der Waals surface area contributed by atoms with Crippen molar-refractivity contribution in [1.29, 1.82) is 0 Å². The van der Waals surface area contributed by atoms with Gasteiger partial charge in [-0.05, 0) is 28.8 Å². The van der Waals surface area contributed by atoms with Gasteiger partial charge in [0.1, 0.15) is 6.10 Å². The van der Waals surface area contributed by atoms with Gasteiger partial charge in [0, 0.05) is 12.1 Å². The molecule has 0 saturated carbocycles. The maximum atomic E-state index is 10.8. The van der Waals surface area contributed by atoms with E-state index in [1.807, 2.05) is 60.7 Å². The number of nitro benzene ring substituents is 1. The number of hydrogen-bond acceptors (Lipinski definition) is 5. The fourth-order valence-electron chi connectivity index (χ4n) is 2.84. The Kier molecular flexibility index (Phi) is 8.53. The smallest absolute Gasteiger partial charge is 0.269 e. The largest absolute Gasteiger partial charge is 0.374 e. The monoisotopic (exact) mass is 407 g/mol. The number of hydrogen-bond donors (Lipinski definition) is 0. The fourth-order valence-corrected chi connectivity index (χ4v) is 2.84. The molecule has 3 aromatic rings. The number of ether oxygens (including phenoxy) is 3. The lowest BCUT2D eigenvalue weighted by atomic mass is 10.2. The van der Waals surface area contributed by atoms with Crippen LogP contribution >= 0.6 is 0 Å². The summed E-state index contributed by atoms with van der Waals surface area (Å²) < 4.78 is 17.6. The highest BCUT2D eigenvalue weighted by Gasteiger charge is 2.12. The number of nitro groups is 1. The van der Waals surface area contributed by atoms with Crippen molar-refractivity contribution in [3.63, 3.8) is 0 Å². The van der Waals surface area contributed by atoms with Gasteiger partial charge in [-0.3, -0.25) is 10.1 Å². The van der Waals surface area contributed by atoms with Gasteiger partial charge in [0.25, 0.3) is 5.69 Å². The number of rotatable bonds is 12. The summed E-state index contributed by atoms with van der Waals surface area (Å²) in [6, 6.07) is 26.2. The van der Waals surface area contributed by atoms with Crippen LogP contribution in [0.15, 0.2) is 84.9 Å². The minimum atomic E-state index is -0.414. The lowest BCUT2D eigenvalue weighted by Gasteiger charge is -2.18.